The molecule has 1 saturated heterocycles. The Hall–Kier alpha value is -1.67. The fourth-order valence-corrected chi connectivity index (χ4v) is 3.58. The van der Waals surface area contributed by atoms with E-state index < -0.39 is 0 Å². The molecule has 3 heterocycles. The average molecular weight is 309 g/mol. The monoisotopic (exact) mass is 309 g/mol. The summed E-state index contributed by atoms with van der Waals surface area (Å²) in [5, 5.41) is 16.7. The third-order valence-electron chi connectivity index (χ3n) is 3.79. The second-order valence-electron chi connectivity index (χ2n) is 5.31. The molecule has 21 heavy (non-hydrogen) atoms. The van der Waals surface area contributed by atoms with Gasteiger partial charge in [-0.25, -0.2) is 0 Å². The van der Waals surface area contributed by atoms with Crippen molar-refractivity contribution in [1.29, 1.82) is 0 Å². The van der Waals surface area contributed by atoms with Crippen LogP contribution in [-0.4, -0.2) is 40.0 Å². The molecule has 2 aromatic rings. The molecule has 8 heteroatoms. The van der Waals surface area contributed by atoms with Crippen LogP contribution in [0.1, 0.15) is 26.2 Å². The molecule has 1 fully saturated rings. The topological polar surface area (TPSA) is 75.7 Å². The number of rotatable bonds is 6. The highest BCUT2D eigenvalue weighted by Crippen LogP contribution is 2.31. The standard InChI is InChI=1S/C13H19N5O2S/c1-2-6-16(9-10-4-3-5-14-10)11-12(18(19)20)17-7-8-21-13(17)15-11/h7-8,10,14H,2-6,9H2,1H3. The quantitative estimate of drug-likeness (QED) is 0.654. The Morgan fingerprint density at radius 2 is 2.52 bits per heavy atom. The fraction of sp³-hybridized carbons (Fsp3) is 0.615. The zero-order chi connectivity index (χ0) is 14.8. The molecule has 1 unspecified atom stereocenters. The summed E-state index contributed by atoms with van der Waals surface area (Å²) in [6, 6.07) is 0.399. The number of fused-ring (bicyclic) bond motifs is 1. The van der Waals surface area contributed by atoms with Crippen LogP contribution in [0.5, 0.6) is 0 Å². The fourth-order valence-electron chi connectivity index (χ4n) is 2.88. The average Bonchev–Trinajstić information content (AvgIpc) is 3.13. The maximum atomic E-state index is 11.4. The smallest absolute Gasteiger partial charge is 0.358 e. The van der Waals surface area contributed by atoms with Gasteiger partial charge in [-0.2, -0.15) is 9.38 Å². The van der Waals surface area contributed by atoms with Crippen molar-refractivity contribution in [2.45, 2.75) is 32.2 Å². The van der Waals surface area contributed by atoms with Crippen molar-refractivity contribution >= 4 is 27.9 Å². The third-order valence-corrected chi connectivity index (χ3v) is 4.54. The van der Waals surface area contributed by atoms with Crippen LogP contribution in [0.25, 0.3) is 4.96 Å². The SMILES string of the molecule is CCCN(CC1CCCN1)c1nc2sccn2c1[N+](=O)[O-]. The lowest BCUT2D eigenvalue weighted by Crippen LogP contribution is -2.38. The molecule has 114 valence electrons. The Balaban J connectivity index is 1.95. The van der Waals surface area contributed by atoms with E-state index >= 15 is 0 Å². The molecule has 0 radical (unpaired) electrons. The van der Waals surface area contributed by atoms with E-state index in [0.29, 0.717) is 16.8 Å². The Bertz CT molecular complexity index is 632. The number of hydrogen-bond donors (Lipinski definition) is 1. The van der Waals surface area contributed by atoms with Crippen LogP contribution in [-0.2, 0) is 0 Å². The van der Waals surface area contributed by atoms with E-state index in [1.54, 1.807) is 10.6 Å². The van der Waals surface area contributed by atoms with Gasteiger partial charge in [0.25, 0.3) is 4.96 Å². The lowest BCUT2D eigenvalue weighted by molar-refractivity contribution is -0.389. The summed E-state index contributed by atoms with van der Waals surface area (Å²) in [6.07, 6.45) is 4.95. The second kappa shape index (κ2) is 5.98. The molecule has 0 spiro atoms. The minimum absolute atomic E-state index is 0.0812. The van der Waals surface area contributed by atoms with Crippen LogP contribution >= 0.6 is 11.3 Å². The molecule has 0 aromatic carbocycles. The Morgan fingerprint density at radius 1 is 1.67 bits per heavy atom. The predicted octanol–water partition coefficient (Wildman–Crippen LogP) is 2.27. The minimum Gasteiger partial charge on any atom is -0.358 e. The van der Waals surface area contributed by atoms with Gasteiger partial charge in [0.1, 0.15) is 6.20 Å². The van der Waals surface area contributed by atoms with E-state index in [2.05, 4.69) is 22.1 Å². The van der Waals surface area contributed by atoms with Gasteiger partial charge in [-0.15, -0.1) is 0 Å². The van der Waals surface area contributed by atoms with Crippen LogP contribution in [0, 0.1) is 10.1 Å². The molecule has 2 aromatic heterocycles. The largest absolute Gasteiger partial charge is 0.373 e. The number of imidazole rings is 1. The molecule has 1 aliphatic rings. The zero-order valence-electron chi connectivity index (χ0n) is 12.0. The predicted molar refractivity (Wildman–Crippen MR) is 83.3 cm³/mol. The first-order valence-corrected chi connectivity index (χ1v) is 8.17. The van der Waals surface area contributed by atoms with Crippen molar-refractivity contribution in [1.82, 2.24) is 14.7 Å². The van der Waals surface area contributed by atoms with Crippen molar-refractivity contribution < 1.29 is 4.92 Å². The number of anilines is 1. The van der Waals surface area contributed by atoms with Crippen molar-refractivity contribution in [2.75, 3.05) is 24.5 Å². The van der Waals surface area contributed by atoms with Gasteiger partial charge in [-0.05, 0) is 30.7 Å². The van der Waals surface area contributed by atoms with E-state index in [9.17, 15) is 10.1 Å². The number of nitrogens with one attached hydrogen (secondary N) is 1. The maximum absolute atomic E-state index is 11.4. The number of hydrogen-bond acceptors (Lipinski definition) is 6. The lowest BCUT2D eigenvalue weighted by Gasteiger charge is -2.24. The number of nitrogens with zero attached hydrogens (tertiary/aromatic N) is 4. The normalized spacial score (nSPS) is 18.4. The molecule has 0 bridgehead atoms. The highest BCUT2D eigenvalue weighted by atomic mass is 32.1. The van der Waals surface area contributed by atoms with Crippen molar-refractivity contribution in [3.8, 4) is 0 Å². The summed E-state index contributed by atoms with van der Waals surface area (Å²) in [5.41, 5.74) is 0. The third kappa shape index (κ3) is 2.73. The summed E-state index contributed by atoms with van der Waals surface area (Å²) < 4.78 is 1.57. The summed E-state index contributed by atoms with van der Waals surface area (Å²) in [4.78, 5) is 18.3. The van der Waals surface area contributed by atoms with Gasteiger partial charge in [-0.1, -0.05) is 18.3 Å². The summed E-state index contributed by atoms with van der Waals surface area (Å²) >= 11 is 1.42. The van der Waals surface area contributed by atoms with Crippen LogP contribution in [0.4, 0.5) is 11.6 Å². The minimum atomic E-state index is -0.327. The molecule has 3 rings (SSSR count). The molecule has 7 nitrogen and oxygen atoms in total. The van der Waals surface area contributed by atoms with Crippen LogP contribution in [0.3, 0.4) is 0 Å². The van der Waals surface area contributed by atoms with E-state index in [1.165, 1.54) is 17.8 Å². The van der Waals surface area contributed by atoms with Crippen LogP contribution in [0.15, 0.2) is 11.6 Å². The Morgan fingerprint density at radius 3 is 3.19 bits per heavy atom. The lowest BCUT2D eigenvalue weighted by atomic mass is 10.2. The second-order valence-corrected chi connectivity index (χ2v) is 6.18. The molecule has 1 atom stereocenters. The Kier molecular flexibility index (Phi) is 4.07. The van der Waals surface area contributed by atoms with Gasteiger partial charge in [0.05, 0.1) is 0 Å². The molecular formula is C13H19N5O2S. The summed E-state index contributed by atoms with van der Waals surface area (Å²) in [6.45, 7) is 4.67. The van der Waals surface area contributed by atoms with Gasteiger partial charge in [-0.3, -0.25) is 0 Å². The molecule has 1 N–H and O–H groups in total. The van der Waals surface area contributed by atoms with Gasteiger partial charge in [0.2, 0.25) is 5.82 Å². The summed E-state index contributed by atoms with van der Waals surface area (Å²) in [7, 11) is 0. The number of nitro groups is 1. The number of aromatic nitrogens is 2. The van der Waals surface area contributed by atoms with Gasteiger partial charge < -0.3 is 20.3 Å². The van der Waals surface area contributed by atoms with Crippen LogP contribution < -0.4 is 10.2 Å². The first-order chi connectivity index (χ1) is 10.2. The Labute approximate surface area is 126 Å². The molecular weight excluding hydrogens is 290 g/mol. The first-order valence-electron chi connectivity index (χ1n) is 7.29. The van der Waals surface area contributed by atoms with Crippen LogP contribution in [0.2, 0.25) is 0 Å². The van der Waals surface area contributed by atoms with Gasteiger partial charge in [0.15, 0.2) is 0 Å². The van der Waals surface area contributed by atoms with Crippen molar-refractivity contribution in [2.24, 2.45) is 0 Å². The molecule has 0 aliphatic carbocycles. The van der Waals surface area contributed by atoms with E-state index in [-0.39, 0.29) is 10.7 Å². The molecule has 0 saturated carbocycles. The van der Waals surface area contributed by atoms with E-state index in [4.69, 9.17) is 0 Å². The highest BCUT2D eigenvalue weighted by molar-refractivity contribution is 7.15. The van der Waals surface area contributed by atoms with Crippen molar-refractivity contribution in [3.05, 3.63) is 21.7 Å². The number of thiazole rings is 1. The first kappa shape index (κ1) is 14.3. The van der Waals surface area contributed by atoms with Gasteiger partial charge in [0, 0.05) is 24.5 Å². The van der Waals surface area contributed by atoms with Crippen molar-refractivity contribution in [3.63, 3.8) is 0 Å². The highest BCUT2D eigenvalue weighted by Gasteiger charge is 2.29. The molecule has 1 aliphatic heterocycles. The maximum Gasteiger partial charge on any atom is 0.373 e. The van der Waals surface area contributed by atoms with E-state index in [1.807, 2.05) is 5.38 Å². The van der Waals surface area contributed by atoms with Gasteiger partial charge >= 0.3 is 5.82 Å². The summed E-state index contributed by atoms with van der Waals surface area (Å²) in [5.74, 6) is 0.583. The van der Waals surface area contributed by atoms with E-state index in [0.717, 1.165) is 32.5 Å². The molecule has 0 amide bonds. The zero-order valence-corrected chi connectivity index (χ0v) is 12.8.